The zero-order chi connectivity index (χ0) is 17.2. The van der Waals surface area contributed by atoms with E-state index in [2.05, 4.69) is 5.32 Å². The highest BCUT2D eigenvalue weighted by molar-refractivity contribution is 7.90. The molecule has 2 rings (SSSR count). The molecule has 2 aromatic rings. The van der Waals surface area contributed by atoms with Crippen molar-refractivity contribution in [3.63, 3.8) is 0 Å². The zero-order valence-electron chi connectivity index (χ0n) is 12.6. The first-order valence-corrected chi connectivity index (χ1v) is 9.09. The number of carbonyl (C=O) groups excluding carboxylic acids is 1. The van der Waals surface area contributed by atoms with Gasteiger partial charge in [0.1, 0.15) is 5.82 Å². The second kappa shape index (κ2) is 6.68. The first-order chi connectivity index (χ1) is 10.7. The summed E-state index contributed by atoms with van der Waals surface area (Å²) in [6.45, 7) is 1.81. The fraction of sp³-hybridized carbons (Fsp3) is 0.188. The van der Waals surface area contributed by atoms with Crippen molar-refractivity contribution in [2.75, 3.05) is 11.6 Å². The molecule has 0 saturated carbocycles. The number of carbonyl (C=O) groups is 1. The first kappa shape index (κ1) is 17.4. The van der Waals surface area contributed by atoms with E-state index < -0.39 is 20.9 Å². The first-order valence-electron chi connectivity index (χ1n) is 6.82. The predicted molar refractivity (Wildman–Crippen MR) is 88.8 cm³/mol. The molecule has 0 heterocycles. The molecule has 0 fully saturated rings. The highest BCUT2D eigenvalue weighted by Gasteiger charge is 2.20. The van der Waals surface area contributed by atoms with Crippen molar-refractivity contribution >= 4 is 38.1 Å². The topological polar surface area (TPSA) is 63.2 Å². The van der Waals surface area contributed by atoms with E-state index in [4.69, 9.17) is 11.6 Å². The monoisotopic (exact) mass is 355 g/mol. The number of anilines is 2. The Hall–Kier alpha value is -1.92. The second-order valence-electron chi connectivity index (χ2n) is 5.01. The van der Waals surface area contributed by atoms with Crippen molar-refractivity contribution in [1.29, 1.82) is 0 Å². The van der Waals surface area contributed by atoms with Crippen LogP contribution in [0.5, 0.6) is 0 Å². The van der Waals surface area contributed by atoms with E-state index in [1.807, 2.05) is 6.92 Å². The summed E-state index contributed by atoms with van der Waals surface area (Å²) in [5.41, 5.74) is 1.06. The van der Waals surface area contributed by atoms with Crippen LogP contribution in [0.3, 0.4) is 0 Å². The number of sulfone groups is 1. The van der Waals surface area contributed by atoms with E-state index in [0.29, 0.717) is 12.0 Å². The molecule has 1 N–H and O–H groups in total. The molecule has 0 atom stereocenters. The van der Waals surface area contributed by atoms with Gasteiger partial charge in [0.05, 0.1) is 16.3 Å². The van der Waals surface area contributed by atoms with E-state index in [9.17, 15) is 17.6 Å². The molecule has 0 radical (unpaired) electrons. The molecule has 0 aliphatic carbocycles. The Morgan fingerprint density at radius 1 is 1.22 bits per heavy atom. The van der Waals surface area contributed by atoms with Crippen LogP contribution in [0.4, 0.5) is 15.8 Å². The van der Waals surface area contributed by atoms with E-state index in [1.165, 1.54) is 30.3 Å². The summed E-state index contributed by atoms with van der Waals surface area (Å²) in [7, 11) is -3.64. The molecule has 2 aromatic carbocycles. The maximum atomic E-state index is 13.8. The van der Waals surface area contributed by atoms with E-state index in [-0.39, 0.29) is 21.8 Å². The molecular weight excluding hydrogens is 341 g/mol. The summed E-state index contributed by atoms with van der Waals surface area (Å²) in [6.07, 6.45) is 1.49. The van der Waals surface area contributed by atoms with Crippen molar-refractivity contribution in [2.24, 2.45) is 0 Å². The minimum Gasteiger partial charge on any atom is -0.352 e. The summed E-state index contributed by atoms with van der Waals surface area (Å²) in [5, 5.41) is 2.05. The molecule has 0 aliphatic heterocycles. The van der Waals surface area contributed by atoms with Crippen LogP contribution in [0, 0.1) is 5.82 Å². The Kier molecular flexibility index (Phi) is 5.06. The van der Waals surface area contributed by atoms with Crippen molar-refractivity contribution in [3.8, 4) is 0 Å². The standard InChI is InChI=1S/C16H15ClFNO3S/c1-3-10-8-14(19-13-7-5-4-6-12(13)18)15(23(2,21)22)9-11(10)16(17)20/h4-9,19H,3H2,1-2H3. The van der Waals surface area contributed by atoms with Crippen molar-refractivity contribution in [2.45, 2.75) is 18.2 Å². The average Bonchev–Trinajstić information content (AvgIpc) is 2.47. The number of halogens is 2. The van der Waals surface area contributed by atoms with Crippen LogP contribution in [-0.4, -0.2) is 19.9 Å². The number of aryl methyl sites for hydroxylation is 1. The van der Waals surface area contributed by atoms with Crippen LogP contribution in [0.15, 0.2) is 41.3 Å². The molecule has 23 heavy (non-hydrogen) atoms. The summed E-state index contributed by atoms with van der Waals surface area (Å²) in [5.74, 6) is -0.512. The van der Waals surface area contributed by atoms with Crippen LogP contribution < -0.4 is 5.32 Å². The quantitative estimate of drug-likeness (QED) is 0.826. The highest BCUT2D eigenvalue weighted by atomic mass is 35.5. The molecular formula is C16H15ClFNO3S. The third-order valence-electron chi connectivity index (χ3n) is 3.34. The molecule has 122 valence electrons. The van der Waals surface area contributed by atoms with Gasteiger partial charge in [-0.25, -0.2) is 12.8 Å². The second-order valence-corrected chi connectivity index (χ2v) is 7.34. The SMILES string of the molecule is CCc1cc(Nc2ccccc2F)c(S(C)(=O)=O)cc1C(=O)Cl. The third-order valence-corrected chi connectivity index (χ3v) is 4.68. The van der Waals surface area contributed by atoms with Crippen LogP contribution in [-0.2, 0) is 16.3 Å². The van der Waals surface area contributed by atoms with Gasteiger partial charge in [0.25, 0.3) is 5.24 Å². The number of nitrogens with one attached hydrogen (secondary N) is 1. The summed E-state index contributed by atoms with van der Waals surface area (Å²) in [4.78, 5) is 11.4. The number of benzene rings is 2. The van der Waals surface area contributed by atoms with Crippen LogP contribution in [0.1, 0.15) is 22.8 Å². The van der Waals surface area contributed by atoms with Gasteiger partial charge >= 0.3 is 0 Å². The lowest BCUT2D eigenvalue weighted by Crippen LogP contribution is -2.08. The lowest BCUT2D eigenvalue weighted by atomic mass is 10.0. The highest BCUT2D eigenvalue weighted by Crippen LogP contribution is 2.30. The van der Waals surface area contributed by atoms with Gasteiger partial charge in [0.2, 0.25) is 0 Å². The molecule has 0 aliphatic rings. The van der Waals surface area contributed by atoms with Crippen LogP contribution >= 0.6 is 11.6 Å². The molecule has 4 nitrogen and oxygen atoms in total. The minimum atomic E-state index is -3.64. The smallest absolute Gasteiger partial charge is 0.252 e. The fourth-order valence-electron chi connectivity index (χ4n) is 2.21. The van der Waals surface area contributed by atoms with Gasteiger partial charge in [0.15, 0.2) is 9.84 Å². The molecule has 0 amide bonds. The van der Waals surface area contributed by atoms with E-state index in [1.54, 1.807) is 6.07 Å². The molecule has 0 aromatic heterocycles. The van der Waals surface area contributed by atoms with Gasteiger partial charge in [-0.15, -0.1) is 0 Å². The predicted octanol–water partition coefficient (Wildman–Crippen LogP) is 3.91. The Morgan fingerprint density at radius 2 is 1.87 bits per heavy atom. The van der Waals surface area contributed by atoms with E-state index in [0.717, 1.165) is 6.26 Å². The Labute approximate surface area is 139 Å². The average molecular weight is 356 g/mol. The lowest BCUT2D eigenvalue weighted by Gasteiger charge is -2.15. The van der Waals surface area contributed by atoms with Gasteiger partial charge < -0.3 is 5.32 Å². The van der Waals surface area contributed by atoms with Crippen molar-refractivity contribution < 1.29 is 17.6 Å². The Bertz CT molecular complexity index is 866. The largest absolute Gasteiger partial charge is 0.352 e. The van der Waals surface area contributed by atoms with Crippen LogP contribution in [0.2, 0.25) is 0 Å². The molecule has 0 spiro atoms. The summed E-state index contributed by atoms with van der Waals surface area (Å²) < 4.78 is 37.8. The summed E-state index contributed by atoms with van der Waals surface area (Å²) in [6, 6.07) is 8.66. The molecule has 7 heteroatoms. The number of para-hydroxylation sites is 1. The minimum absolute atomic E-state index is 0.109. The number of hydrogen-bond acceptors (Lipinski definition) is 4. The normalized spacial score (nSPS) is 11.3. The molecule has 0 bridgehead atoms. The number of rotatable bonds is 5. The number of hydrogen-bond donors (Lipinski definition) is 1. The van der Waals surface area contributed by atoms with Crippen molar-refractivity contribution in [1.82, 2.24) is 0 Å². The maximum absolute atomic E-state index is 13.8. The Morgan fingerprint density at radius 3 is 2.39 bits per heavy atom. The third kappa shape index (κ3) is 3.89. The van der Waals surface area contributed by atoms with Gasteiger partial charge in [-0.2, -0.15) is 0 Å². The van der Waals surface area contributed by atoms with E-state index >= 15 is 0 Å². The van der Waals surface area contributed by atoms with Gasteiger partial charge in [-0.1, -0.05) is 19.1 Å². The van der Waals surface area contributed by atoms with Crippen molar-refractivity contribution in [3.05, 3.63) is 53.3 Å². The van der Waals surface area contributed by atoms with Gasteiger partial charge in [0, 0.05) is 11.8 Å². The van der Waals surface area contributed by atoms with Crippen LogP contribution in [0.25, 0.3) is 0 Å². The van der Waals surface area contributed by atoms with Gasteiger partial charge in [-0.05, 0) is 47.9 Å². The van der Waals surface area contributed by atoms with Gasteiger partial charge in [-0.3, -0.25) is 4.79 Å². The zero-order valence-corrected chi connectivity index (χ0v) is 14.1. The Balaban J connectivity index is 2.66. The lowest BCUT2D eigenvalue weighted by molar-refractivity contribution is 0.108. The summed E-state index contributed by atoms with van der Waals surface area (Å²) >= 11 is 5.53. The maximum Gasteiger partial charge on any atom is 0.252 e. The molecule has 0 saturated heterocycles. The fourth-order valence-corrected chi connectivity index (χ4v) is 3.23. The molecule has 0 unspecified atom stereocenters.